The van der Waals surface area contributed by atoms with E-state index in [1.807, 2.05) is 13.8 Å². The van der Waals surface area contributed by atoms with Crippen molar-refractivity contribution in [2.45, 2.75) is 70.9 Å². The fourth-order valence-corrected chi connectivity index (χ4v) is 4.62. The number of aromatic nitrogens is 4. The molecular formula is C18H24N4O3. The monoisotopic (exact) mass is 344 g/mol. The van der Waals surface area contributed by atoms with Gasteiger partial charge in [0.15, 0.2) is 5.65 Å². The van der Waals surface area contributed by atoms with Crippen LogP contribution in [0.3, 0.4) is 0 Å². The number of Topliss-reactive ketones (excluding diaryl/α,β-unsaturated/α-hetero) is 1. The summed E-state index contributed by atoms with van der Waals surface area (Å²) in [6, 6.07) is 0. The largest absolute Gasteiger partial charge is 0.335 e. The molecule has 2 heterocycles. The van der Waals surface area contributed by atoms with Gasteiger partial charge < -0.3 is 4.98 Å². The van der Waals surface area contributed by atoms with Gasteiger partial charge in [-0.05, 0) is 38.0 Å². The van der Waals surface area contributed by atoms with Gasteiger partial charge in [0, 0.05) is 19.5 Å². The van der Waals surface area contributed by atoms with Gasteiger partial charge in [-0.1, -0.05) is 13.8 Å². The van der Waals surface area contributed by atoms with Crippen molar-refractivity contribution in [3.05, 3.63) is 26.7 Å². The van der Waals surface area contributed by atoms with Crippen LogP contribution in [0.25, 0.3) is 11.2 Å². The van der Waals surface area contributed by atoms with E-state index in [4.69, 9.17) is 0 Å². The Morgan fingerprint density at radius 1 is 1.16 bits per heavy atom. The SMILES string of the molecule is CCCn1c(=O)c2[nH]c(C34CCC(CC3=O)C4)nc2n(CCC)c1=O. The van der Waals surface area contributed by atoms with Crippen LogP contribution in [-0.2, 0) is 23.3 Å². The quantitative estimate of drug-likeness (QED) is 0.894. The van der Waals surface area contributed by atoms with Gasteiger partial charge >= 0.3 is 5.69 Å². The zero-order chi connectivity index (χ0) is 17.8. The van der Waals surface area contributed by atoms with Crippen LogP contribution in [0.5, 0.6) is 0 Å². The van der Waals surface area contributed by atoms with Crippen molar-refractivity contribution >= 4 is 16.9 Å². The first-order valence-electron chi connectivity index (χ1n) is 9.29. The molecule has 0 saturated heterocycles. The highest BCUT2D eigenvalue weighted by molar-refractivity contribution is 5.93. The number of imidazole rings is 1. The number of carbonyl (C=O) groups excluding carboxylic acids is 1. The molecule has 2 aromatic heterocycles. The number of aryl methyl sites for hydroxylation is 1. The lowest BCUT2D eigenvalue weighted by molar-refractivity contribution is -0.123. The maximum atomic E-state index is 12.8. The topological polar surface area (TPSA) is 89.8 Å². The van der Waals surface area contributed by atoms with E-state index in [1.54, 1.807) is 4.57 Å². The van der Waals surface area contributed by atoms with Crippen molar-refractivity contribution in [2.24, 2.45) is 5.92 Å². The van der Waals surface area contributed by atoms with Crippen molar-refractivity contribution in [3.8, 4) is 0 Å². The normalized spacial score (nSPS) is 25.4. The molecule has 7 heteroatoms. The molecule has 2 aromatic rings. The average molecular weight is 344 g/mol. The van der Waals surface area contributed by atoms with Gasteiger partial charge in [0.05, 0.1) is 5.41 Å². The Labute approximate surface area is 145 Å². The van der Waals surface area contributed by atoms with Crippen molar-refractivity contribution in [3.63, 3.8) is 0 Å². The molecular weight excluding hydrogens is 320 g/mol. The summed E-state index contributed by atoms with van der Waals surface area (Å²) in [6.07, 6.45) is 4.72. The van der Waals surface area contributed by atoms with Gasteiger partial charge in [-0.2, -0.15) is 0 Å². The first-order valence-corrected chi connectivity index (χ1v) is 9.29. The van der Waals surface area contributed by atoms with E-state index in [-0.39, 0.29) is 17.0 Å². The maximum absolute atomic E-state index is 12.8. The summed E-state index contributed by atoms with van der Waals surface area (Å²) in [5.41, 5.74) is -0.451. The van der Waals surface area contributed by atoms with E-state index < -0.39 is 5.41 Å². The number of H-pyrrole nitrogens is 1. The van der Waals surface area contributed by atoms with Crippen molar-refractivity contribution in [1.82, 2.24) is 19.1 Å². The molecule has 2 fully saturated rings. The summed E-state index contributed by atoms with van der Waals surface area (Å²) in [7, 11) is 0. The maximum Gasteiger partial charge on any atom is 0.332 e. The zero-order valence-corrected chi connectivity index (χ0v) is 14.8. The predicted octanol–water partition coefficient (Wildman–Crippen LogP) is 1.72. The minimum absolute atomic E-state index is 0.223. The van der Waals surface area contributed by atoms with Crippen LogP contribution in [-0.4, -0.2) is 24.9 Å². The Morgan fingerprint density at radius 2 is 1.88 bits per heavy atom. The number of hydrogen-bond acceptors (Lipinski definition) is 4. The summed E-state index contributed by atoms with van der Waals surface area (Å²) >= 11 is 0. The first-order chi connectivity index (χ1) is 12.0. The number of nitrogens with zero attached hydrogens (tertiary/aromatic N) is 3. The van der Waals surface area contributed by atoms with Crippen LogP contribution in [0.2, 0.25) is 0 Å². The van der Waals surface area contributed by atoms with Crippen molar-refractivity contribution in [1.29, 1.82) is 0 Å². The Morgan fingerprint density at radius 3 is 2.48 bits per heavy atom. The molecule has 0 amide bonds. The summed E-state index contributed by atoms with van der Waals surface area (Å²) < 4.78 is 2.86. The summed E-state index contributed by atoms with van der Waals surface area (Å²) in [6.45, 7) is 4.82. The van der Waals surface area contributed by atoms with Crippen LogP contribution in [0.4, 0.5) is 0 Å². The Balaban J connectivity index is 1.98. The molecule has 134 valence electrons. The molecule has 0 spiro atoms. The minimum Gasteiger partial charge on any atom is -0.335 e. The van der Waals surface area contributed by atoms with Crippen molar-refractivity contribution < 1.29 is 4.79 Å². The van der Waals surface area contributed by atoms with Gasteiger partial charge in [0.1, 0.15) is 17.1 Å². The summed E-state index contributed by atoms with van der Waals surface area (Å²) in [4.78, 5) is 45.9. The van der Waals surface area contributed by atoms with Crippen LogP contribution < -0.4 is 11.2 Å². The Kier molecular flexibility index (Phi) is 3.70. The molecule has 0 radical (unpaired) electrons. The highest BCUT2D eigenvalue weighted by Crippen LogP contribution is 2.52. The second-order valence-electron chi connectivity index (χ2n) is 7.49. The van der Waals surface area contributed by atoms with Crippen molar-refractivity contribution in [2.75, 3.05) is 0 Å². The number of carbonyl (C=O) groups is 1. The van der Waals surface area contributed by atoms with E-state index in [9.17, 15) is 14.4 Å². The second-order valence-corrected chi connectivity index (χ2v) is 7.49. The average Bonchev–Trinajstić information content (AvgIpc) is 3.28. The van der Waals surface area contributed by atoms with Gasteiger partial charge in [-0.15, -0.1) is 0 Å². The van der Waals surface area contributed by atoms with Crippen LogP contribution in [0.15, 0.2) is 9.59 Å². The molecule has 0 aromatic carbocycles. The summed E-state index contributed by atoms with van der Waals surface area (Å²) in [5, 5.41) is 0. The molecule has 2 bridgehead atoms. The number of nitrogens with one attached hydrogen (secondary N) is 1. The highest BCUT2D eigenvalue weighted by atomic mass is 16.2. The molecule has 2 unspecified atom stereocenters. The lowest BCUT2D eigenvalue weighted by atomic mass is 9.82. The second kappa shape index (κ2) is 5.68. The molecule has 1 N–H and O–H groups in total. The fraction of sp³-hybridized carbons (Fsp3) is 0.667. The third-order valence-electron chi connectivity index (χ3n) is 5.83. The number of fused-ring (bicyclic) bond motifs is 3. The lowest BCUT2D eigenvalue weighted by Crippen LogP contribution is -2.40. The van der Waals surface area contributed by atoms with E-state index in [1.165, 1.54) is 4.57 Å². The first kappa shape index (κ1) is 16.3. The lowest BCUT2D eigenvalue weighted by Gasteiger charge is -2.21. The minimum atomic E-state index is -0.571. The Bertz CT molecular complexity index is 967. The summed E-state index contributed by atoms with van der Waals surface area (Å²) in [5.74, 6) is 1.25. The number of rotatable bonds is 5. The fourth-order valence-electron chi connectivity index (χ4n) is 4.62. The molecule has 2 atom stereocenters. The molecule has 2 saturated carbocycles. The third-order valence-corrected chi connectivity index (χ3v) is 5.83. The van der Waals surface area contributed by atoms with E-state index >= 15 is 0 Å². The Hall–Kier alpha value is -2.18. The van der Waals surface area contributed by atoms with Gasteiger partial charge in [-0.25, -0.2) is 9.78 Å². The molecule has 25 heavy (non-hydrogen) atoms. The third kappa shape index (κ3) is 2.17. The molecule has 7 nitrogen and oxygen atoms in total. The van der Waals surface area contributed by atoms with E-state index in [0.717, 1.165) is 25.7 Å². The molecule has 2 aliphatic carbocycles. The van der Waals surface area contributed by atoms with Gasteiger partial charge in [0.25, 0.3) is 5.56 Å². The van der Waals surface area contributed by atoms with Crippen LogP contribution >= 0.6 is 0 Å². The smallest absolute Gasteiger partial charge is 0.332 e. The standard InChI is InChI=1S/C18H24N4O3/c1-3-7-21-14-13(15(24)22(8-4-2)17(21)25)19-16(20-14)18-6-5-11(10-18)9-12(18)23/h11H,3-10H2,1-2H3,(H,19,20). The van der Waals surface area contributed by atoms with Gasteiger partial charge in [-0.3, -0.25) is 18.7 Å². The number of hydrogen-bond donors (Lipinski definition) is 1. The number of aromatic amines is 1. The van der Waals surface area contributed by atoms with Crippen LogP contribution in [0, 0.1) is 5.92 Å². The van der Waals surface area contributed by atoms with E-state index in [2.05, 4.69) is 9.97 Å². The molecule has 0 aliphatic heterocycles. The van der Waals surface area contributed by atoms with Gasteiger partial charge in [0.2, 0.25) is 0 Å². The molecule has 4 rings (SSSR count). The van der Waals surface area contributed by atoms with Crippen LogP contribution in [0.1, 0.15) is 58.2 Å². The predicted molar refractivity (Wildman–Crippen MR) is 93.8 cm³/mol. The molecule has 2 aliphatic rings. The highest BCUT2D eigenvalue weighted by Gasteiger charge is 2.54. The zero-order valence-electron chi connectivity index (χ0n) is 14.8. The van der Waals surface area contributed by atoms with E-state index in [0.29, 0.717) is 48.8 Å². The number of ketones is 1.